The summed E-state index contributed by atoms with van der Waals surface area (Å²) in [7, 11) is 0. The molecule has 2 amide bonds. The largest absolute Gasteiger partial charge is 0.444 e. The summed E-state index contributed by atoms with van der Waals surface area (Å²) in [5.74, 6) is 0. The minimum Gasteiger partial charge on any atom is -0.444 e. The Morgan fingerprint density at radius 2 is 1.31 bits per heavy atom. The lowest BCUT2D eigenvalue weighted by molar-refractivity contribution is 0.0624. The second-order valence-corrected chi connectivity index (χ2v) is 11.3. The normalized spacial score (nSPS) is 14.1. The fraction of sp³-hybridized carbons (Fsp3) is 0.429. The average Bonchev–Trinajstić information content (AvgIpc) is 2.67. The van der Waals surface area contributed by atoms with Crippen molar-refractivity contribution >= 4 is 40.5 Å². The van der Waals surface area contributed by atoms with Crippen LogP contribution in [-0.2, 0) is 9.47 Å². The number of nitrogens with one attached hydrogen (secondary N) is 3. The number of amides is 2. The molecule has 2 aromatic rings. The molecule has 36 heavy (non-hydrogen) atoms. The number of anilines is 4. The molecule has 3 rings (SSSR count). The second kappa shape index (κ2) is 10.9. The Kier molecular flexibility index (Phi) is 8.67. The number of benzene rings is 2. The van der Waals surface area contributed by atoms with Gasteiger partial charge in [-0.2, -0.15) is 0 Å². The van der Waals surface area contributed by atoms with Crippen LogP contribution in [-0.4, -0.2) is 28.9 Å². The number of hydrogen-bond acceptors (Lipinski definition) is 6. The number of nitrogen functional groups attached to an aromatic ring is 1. The van der Waals surface area contributed by atoms with Gasteiger partial charge in [-0.1, -0.05) is 6.08 Å². The summed E-state index contributed by atoms with van der Waals surface area (Å²) in [4.78, 5) is 23.2. The minimum absolute atomic E-state index is 0.0583. The van der Waals surface area contributed by atoms with Gasteiger partial charge in [0.2, 0.25) is 0 Å². The smallest absolute Gasteiger partial charge is 0.412 e. The number of allylic oxidation sites excluding steroid dienone is 1. The summed E-state index contributed by atoms with van der Waals surface area (Å²) in [6.07, 6.45) is 1.28. The van der Waals surface area contributed by atoms with Gasteiger partial charge in [0, 0.05) is 28.3 Å². The van der Waals surface area contributed by atoms with Crippen molar-refractivity contribution < 1.29 is 19.1 Å². The third-order valence-corrected chi connectivity index (χ3v) is 4.68. The molecule has 0 fully saturated rings. The first-order valence-corrected chi connectivity index (χ1v) is 11.9. The summed E-state index contributed by atoms with van der Waals surface area (Å²) >= 11 is 0. The Balaban J connectivity index is 0.000000269. The Hall–Kier alpha value is -3.68. The number of hydrogen-bond donors (Lipinski definition) is 4. The van der Waals surface area contributed by atoms with E-state index in [1.165, 1.54) is 5.57 Å². The van der Waals surface area contributed by atoms with Crippen molar-refractivity contribution in [3.8, 4) is 0 Å². The zero-order valence-electron chi connectivity index (χ0n) is 22.8. The van der Waals surface area contributed by atoms with Gasteiger partial charge in [-0.05, 0) is 110 Å². The van der Waals surface area contributed by atoms with Crippen molar-refractivity contribution in [1.29, 1.82) is 0 Å². The average molecular weight is 497 g/mol. The predicted molar refractivity (Wildman–Crippen MR) is 148 cm³/mol. The molecule has 0 spiro atoms. The first-order valence-electron chi connectivity index (χ1n) is 11.9. The molecule has 0 saturated heterocycles. The van der Waals surface area contributed by atoms with Gasteiger partial charge in [-0.3, -0.25) is 10.6 Å². The molecule has 0 radical (unpaired) electrons. The van der Waals surface area contributed by atoms with E-state index in [1.807, 2.05) is 59.7 Å². The Labute approximate surface area is 214 Å². The minimum atomic E-state index is -0.500. The molecular weight excluding hydrogens is 456 g/mol. The molecule has 1 heterocycles. The van der Waals surface area contributed by atoms with Crippen LogP contribution in [0.2, 0.25) is 0 Å². The predicted octanol–water partition coefficient (Wildman–Crippen LogP) is 7.26. The zero-order valence-corrected chi connectivity index (χ0v) is 22.8. The van der Waals surface area contributed by atoms with E-state index in [-0.39, 0.29) is 5.54 Å². The van der Waals surface area contributed by atoms with E-state index in [2.05, 4.69) is 42.8 Å². The maximum Gasteiger partial charge on any atom is 0.412 e. The van der Waals surface area contributed by atoms with Crippen LogP contribution >= 0.6 is 0 Å². The van der Waals surface area contributed by atoms with E-state index in [0.717, 1.165) is 16.9 Å². The van der Waals surface area contributed by atoms with Crippen LogP contribution in [0.1, 0.15) is 67.9 Å². The standard InChI is InChI=1S/C17H24N2O2.C11H16N2O2/c1-11-10-17(5,6)19-14-8-7-12(9-13(11)14)18-15(20)21-16(2,3)4;1-11(2,3)15-10(14)13-9-6-4-8(12)5-7-9/h7-10,19H,1-6H3,(H,18,20);4-7H,12H2,1-3H3,(H,13,14). The molecule has 2 aromatic carbocycles. The molecule has 8 nitrogen and oxygen atoms in total. The SMILES string of the molecule is CC(C)(C)OC(=O)Nc1ccc(N)cc1.CC1=CC(C)(C)Nc2ccc(NC(=O)OC(C)(C)C)cc21. The van der Waals surface area contributed by atoms with Gasteiger partial charge in [-0.25, -0.2) is 9.59 Å². The van der Waals surface area contributed by atoms with Gasteiger partial charge in [-0.15, -0.1) is 0 Å². The Bertz CT molecular complexity index is 1110. The Morgan fingerprint density at radius 1 is 0.833 bits per heavy atom. The lowest BCUT2D eigenvalue weighted by Crippen LogP contribution is -2.31. The fourth-order valence-corrected chi connectivity index (χ4v) is 3.47. The van der Waals surface area contributed by atoms with Gasteiger partial charge >= 0.3 is 12.2 Å². The Morgan fingerprint density at radius 3 is 1.81 bits per heavy atom. The maximum absolute atomic E-state index is 11.8. The molecule has 8 heteroatoms. The van der Waals surface area contributed by atoms with Crippen molar-refractivity contribution in [2.75, 3.05) is 21.7 Å². The lowest BCUT2D eigenvalue weighted by Gasteiger charge is -2.31. The molecule has 0 bridgehead atoms. The maximum atomic E-state index is 11.8. The summed E-state index contributed by atoms with van der Waals surface area (Å²) in [5.41, 5.74) is 9.90. The highest BCUT2D eigenvalue weighted by molar-refractivity contribution is 5.89. The van der Waals surface area contributed by atoms with Crippen molar-refractivity contribution in [3.05, 3.63) is 54.1 Å². The third-order valence-electron chi connectivity index (χ3n) is 4.68. The number of nitrogens with two attached hydrogens (primary N) is 1. The van der Waals surface area contributed by atoms with E-state index in [1.54, 1.807) is 24.3 Å². The van der Waals surface area contributed by atoms with Crippen molar-refractivity contribution in [2.45, 2.75) is 79.1 Å². The summed E-state index contributed by atoms with van der Waals surface area (Å²) in [6.45, 7) is 17.3. The van der Waals surface area contributed by atoms with Gasteiger partial charge < -0.3 is 20.5 Å². The third kappa shape index (κ3) is 9.90. The van der Waals surface area contributed by atoms with E-state index in [9.17, 15) is 9.59 Å². The van der Waals surface area contributed by atoms with E-state index >= 15 is 0 Å². The lowest BCUT2D eigenvalue weighted by atomic mass is 9.91. The molecule has 0 aliphatic carbocycles. The van der Waals surface area contributed by atoms with Crippen LogP contribution in [0.15, 0.2) is 48.5 Å². The van der Waals surface area contributed by atoms with Gasteiger partial charge in [0.25, 0.3) is 0 Å². The molecule has 0 atom stereocenters. The van der Waals surface area contributed by atoms with Gasteiger partial charge in [0.1, 0.15) is 11.2 Å². The molecule has 196 valence electrons. The molecule has 1 aliphatic heterocycles. The first kappa shape index (κ1) is 28.6. The van der Waals surface area contributed by atoms with Crippen LogP contribution < -0.4 is 21.7 Å². The van der Waals surface area contributed by atoms with Crippen LogP contribution in [0.5, 0.6) is 0 Å². The summed E-state index contributed by atoms with van der Waals surface area (Å²) < 4.78 is 10.4. The molecule has 1 aliphatic rings. The van der Waals surface area contributed by atoms with Crippen LogP contribution in [0, 0.1) is 0 Å². The molecule has 0 unspecified atom stereocenters. The van der Waals surface area contributed by atoms with Gasteiger partial charge in [0.05, 0.1) is 5.54 Å². The number of carbonyl (C=O) groups excluding carboxylic acids is 2. The topological polar surface area (TPSA) is 115 Å². The zero-order chi connectivity index (χ0) is 27.3. The number of ether oxygens (including phenoxy) is 2. The first-order chi connectivity index (χ1) is 16.4. The molecule has 5 N–H and O–H groups in total. The molecule has 0 aromatic heterocycles. The van der Waals surface area contributed by atoms with Crippen molar-refractivity contribution in [1.82, 2.24) is 0 Å². The van der Waals surface area contributed by atoms with E-state index < -0.39 is 23.4 Å². The highest BCUT2D eigenvalue weighted by Gasteiger charge is 2.23. The molecule has 0 saturated carbocycles. The highest BCUT2D eigenvalue weighted by Crippen LogP contribution is 2.35. The summed E-state index contributed by atoms with van der Waals surface area (Å²) in [6, 6.07) is 12.7. The molecular formula is C28H40N4O4. The monoisotopic (exact) mass is 496 g/mol. The summed E-state index contributed by atoms with van der Waals surface area (Å²) in [5, 5.41) is 8.85. The van der Waals surface area contributed by atoms with Gasteiger partial charge in [0.15, 0.2) is 0 Å². The van der Waals surface area contributed by atoms with Crippen LogP contribution in [0.4, 0.5) is 32.3 Å². The van der Waals surface area contributed by atoms with E-state index in [4.69, 9.17) is 15.2 Å². The number of rotatable bonds is 2. The second-order valence-electron chi connectivity index (χ2n) is 11.3. The highest BCUT2D eigenvalue weighted by atomic mass is 16.6. The van der Waals surface area contributed by atoms with Crippen LogP contribution in [0.3, 0.4) is 0 Å². The van der Waals surface area contributed by atoms with E-state index in [0.29, 0.717) is 11.4 Å². The van der Waals surface area contributed by atoms with Crippen molar-refractivity contribution in [2.24, 2.45) is 0 Å². The van der Waals surface area contributed by atoms with Crippen LogP contribution in [0.25, 0.3) is 5.57 Å². The quantitative estimate of drug-likeness (QED) is 0.325. The number of carbonyl (C=O) groups is 2. The number of fused-ring (bicyclic) bond motifs is 1. The van der Waals surface area contributed by atoms with Crippen molar-refractivity contribution in [3.63, 3.8) is 0 Å². The fourth-order valence-electron chi connectivity index (χ4n) is 3.47.